The van der Waals surface area contributed by atoms with E-state index in [0.717, 1.165) is 25.8 Å². The van der Waals surface area contributed by atoms with Gasteiger partial charge in [0.05, 0.1) is 0 Å². The minimum absolute atomic E-state index is 0.188. The summed E-state index contributed by atoms with van der Waals surface area (Å²) in [6.45, 7) is 0.917. The van der Waals surface area contributed by atoms with Crippen molar-refractivity contribution in [1.82, 2.24) is 4.90 Å². The molecule has 1 amide bonds. The summed E-state index contributed by atoms with van der Waals surface area (Å²) in [7, 11) is 0. The molecule has 78 valence electrons. The summed E-state index contributed by atoms with van der Waals surface area (Å²) in [6, 6.07) is 0. The Morgan fingerprint density at radius 3 is 2.64 bits per heavy atom. The Hall–Kier alpha value is -0.790. The third kappa shape index (κ3) is 1.70. The molecule has 0 unspecified atom stereocenters. The molecule has 1 aliphatic heterocycles. The second-order valence-electron chi connectivity index (χ2n) is 4.55. The van der Waals surface area contributed by atoms with Gasteiger partial charge in [0.25, 0.3) is 0 Å². The zero-order valence-electron chi connectivity index (χ0n) is 8.74. The topological polar surface area (TPSA) is 20.3 Å². The van der Waals surface area contributed by atoms with Gasteiger partial charge in [-0.05, 0) is 25.7 Å². The highest BCUT2D eigenvalue weighted by molar-refractivity contribution is 5.49. The minimum Gasteiger partial charge on any atom is -0.339 e. The van der Waals surface area contributed by atoms with Crippen molar-refractivity contribution < 1.29 is 4.79 Å². The molecular weight excluding hydrogens is 174 g/mol. The Labute approximate surface area is 86.0 Å². The van der Waals surface area contributed by atoms with Crippen LogP contribution < -0.4 is 0 Å². The predicted octanol–water partition coefficient (Wildman–Crippen LogP) is 2.50. The monoisotopic (exact) mass is 193 g/mol. The molecule has 2 aliphatic rings. The van der Waals surface area contributed by atoms with Crippen LogP contribution in [-0.2, 0) is 4.79 Å². The summed E-state index contributed by atoms with van der Waals surface area (Å²) in [5.41, 5.74) is 0.188. The third-order valence-corrected chi connectivity index (χ3v) is 3.72. The van der Waals surface area contributed by atoms with Crippen molar-refractivity contribution in [2.24, 2.45) is 0 Å². The number of hydrogen-bond acceptors (Lipinski definition) is 1. The maximum absolute atomic E-state index is 11.1. The average Bonchev–Trinajstić information content (AvgIpc) is 2.42. The zero-order valence-corrected chi connectivity index (χ0v) is 8.74. The van der Waals surface area contributed by atoms with Crippen LogP contribution in [0, 0.1) is 0 Å². The first-order valence-electron chi connectivity index (χ1n) is 5.74. The lowest BCUT2D eigenvalue weighted by atomic mass is 9.78. The smallest absolute Gasteiger partial charge is 0.210 e. The van der Waals surface area contributed by atoms with Crippen LogP contribution in [0.25, 0.3) is 0 Å². The van der Waals surface area contributed by atoms with Crippen LogP contribution in [0.4, 0.5) is 0 Å². The van der Waals surface area contributed by atoms with E-state index in [9.17, 15) is 4.79 Å². The van der Waals surface area contributed by atoms with Crippen molar-refractivity contribution >= 4 is 6.41 Å². The molecular formula is C12H19NO. The van der Waals surface area contributed by atoms with E-state index in [1.165, 1.54) is 32.1 Å². The van der Waals surface area contributed by atoms with E-state index in [1.807, 2.05) is 0 Å². The van der Waals surface area contributed by atoms with Crippen molar-refractivity contribution in [2.75, 3.05) is 6.54 Å². The third-order valence-electron chi connectivity index (χ3n) is 3.72. The summed E-state index contributed by atoms with van der Waals surface area (Å²) in [4.78, 5) is 13.1. The summed E-state index contributed by atoms with van der Waals surface area (Å²) in [5.74, 6) is 0. The van der Waals surface area contributed by atoms with Crippen LogP contribution in [0.1, 0.15) is 44.9 Å². The van der Waals surface area contributed by atoms with E-state index in [1.54, 1.807) is 0 Å². The van der Waals surface area contributed by atoms with E-state index in [0.29, 0.717) is 0 Å². The molecule has 0 bridgehead atoms. The molecule has 0 radical (unpaired) electrons. The lowest BCUT2D eigenvalue weighted by Gasteiger charge is -2.43. The molecule has 2 rings (SSSR count). The van der Waals surface area contributed by atoms with Gasteiger partial charge in [-0.25, -0.2) is 0 Å². The van der Waals surface area contributed by atoms with Crippen molar-refractivity contribution in [3.63, 3.8) is 0 Å². The molecule has 1 saturated carbocycles. The highest BCUT2D eigenvalue weighted by atomic mass is 16.1. The van der Waals surface area contributed by atoms with E-state index in [-0.39, 0.29) is 5.54 Å². The second kappa shape index (κ2) is 4.16. The fourth-order valence-corrected chi connectivity index (χ4v) is 2.85. The standard InChI is InChI=1S/C12H19NO/c14-11-13-10-6-2-5-9-12(13)7-3-1-4-8-12/h2,5,11H,1,3-4,6-10H2. The normalized spacial score (nSPS) is 26.1. The molecule has 0 atom stereocenters. The molecule has 2 heteroatoms. The first-order valence-corrected chi connectivity index (χ1v) is 5.74. The van der Waals surface area contributed by atoms with Crippen molar-refractivity contribution in [3.8, 4) is 0 Å². The lowest BCUT2D eigenvalue weighted by molar-refractivity contribution is -0.125. The Morgan fingerprint density at radius 2 is 1.93 bits per heavy atom. The summed E-state index contributed by atoms with van der Waals surface area (Å²) < 4.78 is 0. The van der Waals surface area contributed by atoms with Gasteiger partial charge in [0.1, 0.15) is 0 Å². The quantitative estimate of drug-likeness (QED) is 0.463. The Bertz CT molecular complexity index is 228. The van der Waals surface area contributed by atoms with Gasteiger partial charge in [-0.3, -0.25) is 4.79 Å². The van der Waals surface area contributed by atoms with E-state index in [4.69, 9.17) is 0 Å². The fourth-order valence-electron chi connectivity index (χ4n) is 2.85. The molecule has 0 aromatic carbocycles. The number of rotatable bonds is 1. The van der Waals surface area contributed by atoms with Crippen LogP contribution in [0.2, 0.25) is 0 Å². The molecule has 0 aromatic heterocycles. The Kier molecular flexibility index (Phi) is 2.90. The Morgan fingerprint density at radius 1 is 1.14 bits per heavy atom. The minimum atomic E-state index is 0.188. The number of carbonyl (C=O) groups excluding carboxylic acids is 1. The summed E-state index contributed by atoms with van der Waals surface area (Å²) in [5, 5.41) is 0. The van der Waals surface area contributed by atoms with Gasteiger partial charge in [-0.2, -0.15) is 0 Å². The molecule has 14 heavy (non-hydrogen) atoms. The van der Waals surface area contributed by atoms with Crippen LogP contribution in [0.3, 0.4) is 0 Å². The molecule has 1 aliphatic carbocycles. The van der Waals surface area contributed by atoms with Gasteiger partial charge in [0.2, 0.25) is 6.41 Å². The van der Waals surface area contributed by atoms with Crippen LogP contribution >= 0.6 is 0 Å². The van der Waals surface area contributed by atoms with Gasteiger partial charge in [-0.1, -0.05) is 31.4 Å². The molecule has 0 saturated heterocycles. The van der Waals surface area contributed by atoms with Gasteiger partial charge in [-0.15, -0.1) is 0 Å². The number of nitrogens with zero attached hydrogens (tertiary/aromatic N) is 1. The van der Waals surface area contributed by atoms with Gasteiger partial charge >= 0.3 is 0 Å². The number of carbonyl (C=O) groups is 1. The first-order chi connectivity index (χ1) is 6.87. The van der Waals surface area contributed by atoms with E-state index < -0.39 is 0 Å². The molecule has 1 heterocycles. The van der Waals surface area contributed by atoms with Crippen LogP contribution in [-0.4, -0.2) is 23.4 Å². The van der Waals surface area contributed by atoms with Crippen LogP contribution in [0.15, 0.2) is 12.2 Å². The summed E-state index contributed by atoms with van der Waals surface area (Å²) in [6.07, 6.45) is 14.0. The van der Waals surface area contributed by atoms with Crippen LogP contribution in [0.5, 0.6) is 0 Å². The highest BCUT2D eigenvalue weighted by Crippen LogP contribution is 2.37. The molecule has 0 N–H and O–H groups in total. The zero-order chi connectivity index (χ0) is 9.86. The average molecular weight is 193 g/mol. The van der Waals surface area contributed by atoms with Crippen molar-refractivity contribution in [3.05, 3.63) is 12.2 Å². The summed E-state index contributed by atoms with van der Waals surface area (Å²) >= 11 is 0. The van der Waals surface area contributed by atoms with Crippen molar-refractivity contribution in [1.29, 1.82) is 0 Å². The molecule has 2 nitrogen and oxygen atoms in total. The van der Waals surface area contributed by atoms with Gasteiger partial charge < -0.3 is 4.90 Å². The lowest BCUT2D eigenvalue weighted by Crippen LogP contribution is -2.48. The van der Waals surface area contributed by atoms with Crippen molar-refractivity contribution in [2.45, 2.75) is 50.5 Å². The van der Waals surface area contributed by atoms with Gasteiger partial charge in [0, 0.05) is 12.1 Å². The van der Waals surface area contributed by atoms with E-state index in [2.05, 4.69) is 17.1 Å². The van der Waals surface area contributed by atoms with E-state index >= 15 is 0 Å². The fraction of sp³-hybridized carbons (Fsp3) is 0.750. The maximum atomic E-state index is 11.1. The molecule has 1 fully saturated rings. The van der Waals surface area contributed by atoms with Gasteiger partial charge in [0.15, 0.2) is 0 Å². The largest absolute Gasteiger partial charge is 0.339 e. The number of amides is 1. The number of hydrogen-bond donors (Lipinski definition) is 0. The predicted molar refractivity (Wildman–Crippen MR) is 57.0 cm³/mol. The molecule has 1 spiro atoms. The first kappa shape index (κ1) is 9.75. The maximum Gasteiger partial charge on any atom is 0.210 e. The Balaban J connectivity index is 2.16. The molecule has 0 aromatic rings. The second-order valence-corrected chi connectivity index (χ2v) is 4.55. The SMILES string of the molecule is O=CN1CCC=CCC12CCCCC2. The highest BCUT2D eigenvalue weighted by Gasteiger charge is 2.36.